The number of ether oxygens (including phenoxy) is 1. The summed E-state index contributed by atoms with van der Waals surface area (Å²) in [6.07, 6.45) is 0.377. The van der Waals surface area contributed by atoms with E-state index in [0.29, 0.717) is 23.8 Å². The third-order valence-electron chi connectivity index (χ3n) is 1.89. The monoisotopic (exact) mass is 228 g/mol. The first-order valence-corrected chi connectivity index (χ1v) is 4.86. The lowest BCUT2D eigenvalue weighted by Crippen LogP contribution is -2.15. The van der Waals surface area contributed by atoms with Crippen LogP contribution in [0, 0.1) is 6.92 Å². The van der Waals surface area contributed by atoms with E-state index < -0.39 is 0 Å². The highest BCUT2D eigenvalue weighted by atomic mass is 35.5. The second-order valence-electron chi connectivity index (χ2n) is 3.10. The van der Waals surface area contributed by atoms with Gasteiger partial charge in [0.15, 0.2) is 0 Å². The summed E-state index contributed by atoms with van der Waals surface area (Å²) in [6, 6.07) is 5.41. The molecule has 15 heavy (non-hydrogen) atoms. The van der Waals surface area contributed by atoms with Crippen molar-refractivity contribution in [3.63, 3.8) is 0 Å². The van der Waals surface area contributed by atoms with Crippen LogP contribution in [0.2, 0.25) is 5.02 Å². The van der Waals surface area contributed by atoms with Gasteiger partial charge < -0.3 is 15.7 Å². The SMILES string of the molecule is Cc1ccc(Cl)cc1OCCC(N)=NO. The molecule has 1 rings (SSSR count). The number of halogens is 1. The third kappa shape index (κ3) is 3.67. The van der Waals surface area contributed by atoms with Crippen LogP contribution in [0.5, 0.6) is 5.75 Å². The highest BCUT2D eigenvalue weighted by Gasteiger charge is 2.01. The Morgan fingerprint density at radius 1 is 1.60 bits per heavy atom. The number of amidine groups is 1. The molecule has 0 heterocycles. The summed E-state index contributed by atoms with van der Waals surface area (Å²) in [5.41, 5.74) is 6.30. The second-order valence-corrected chi connectivity index (χ2v) is 3.54. The first-order chi connectivity index (χ1) is 7.13. The summed E-state index contributed by atoms with van der Waals surface area (Å²) < 4.78 is 5.43. The van der Waals surface area contributed by atoms with Crippen LogP contribution >= 0.6 is 11.6 Å². The predicted octanol–water partition coefficient (Wildman–Crippen LogP) is 2.16. The average molecular weight is 229 g/mol. The van der Waals surface area contributed by atoms with Crippen molar-refractivity contribution >= 4 is 17.4 Å². The fourth-order valence-corrected chi connectivity index (χ4v) is 1.21. The lowest BCUT2D eigenvalue weighted by atomic mass is 10.2. The van der Waals surface area contributed by atoms with E-state index in [2.05, 4.69) is 5.16 Å². The number of oxime groups is 1. The van der Waals surface area contributed by atoms with E-state index in [-0.39, 0.29) is 5.84 Å². The molecular formula is C10H13ClN2O2. The summed E-state index contributed by atoms with van der Waals surface area (Å²) in [4.78, 5) is 0. The molecule has 0 amide bonds. The van der Waals surface area contributed by atoms with Gasteiger partial charge in [-0.05, 0) is 24.6 Å². The second kappa shape index (κ2) is 5.46. The number of rotatable bonds is 4. The van der Waals surface area contributed by atoms with Gasteiger partial charge >= 0.3 is 0 Å². The van der Waals surface area contributed by atoms with Gasteiger partial charge in [0, 0.05) is 11.4 Å². The molecule has 4 nitrogen and oxygen atoms in total. The van der Waals surface area contributed by atoms with Gasteiger partial charge in [-0.2, -0.15) is 0 Å². The maximum Gasteiger partial charge on any atom is 0.142 e. The van der Waals surface area contributed by atoms with Gasteiger partial charge in [0.1, 0.15) is 11.6 Å². The molecule has 0 fully saturated rings. The number of nitrogens with two attached hydrogens (primary N) is 1. The van der Waals surface area contributed by atoms with Crippen molar-refractivity contribution < 1.29 is 9.94 Å². The molecule has 0 bridgehead atoms. The zero-order valence-electron chi connectivity index (χ0n) is 8.40. The lowest BCUT2D eigenvalue weighted by molar-refractivity contribution is 0.305. The highest BCUT2D eigenvalue weighted by Crippen LogP contribution is 2.22. The van der Waals surface area contributed by atoms with Crippen LogP contribution in [0.25, 0.3) is 0 Å². The van der Waals surface area contributed by atoms with Crippen LogP contribution in [0.4, 0.5) is 0 Å². The minimum atomic E-state index is 0.148. The first kappa shape index (κ1) is 11.7. The van der Waals surface area contributed by atoms with Crippen molar-refractivity contribution in [2.45, 2.75) is 13.3 Å². The zero-order valence-corrected chi connectivity index (χ0v) is 9.16. The number of aryl methyl sites for hydroxylation is 1. The van der Waals surface area contributed by atoms with Crippen LogP contribution in [-0.2, 0) is 0 Å². The van der Waals surface area contributed by atoms with Crippen LogP contribution in [0.1, 0.15) is 12.0 Å². The summed E-state index contributed by atoms with van der Waals surface area (Å²) in [5, 5.41) is 11.8. The van der Waals surface area contributed by atoms with Crippen molar-refractivity contribution in [3.05, 3.63) is 28.8 Å². The molecule has 0 atom stereocenters. The normalized spacial score (nSPS) is 11.5. The highest BCUT2D eigenvalue weighted by molar-refractivity contribution is 6.30. The van der Waals surface area contributed by atoms with Crippen molar-refractivity contribution in [2.75, 3.05) is 6.61 Å². The molecule has 0 unspecified atom stereocenters. The summed E-state index contributed by atoms with van der Waals surface area (Å²) >= 11 is 5.82. The minimum Gasteiger partial charge on any atom is -0.493 e. The Hall–Kier alpha value is -1.42. The average Bonchev–Trinajstić information content (AvgIpc) is 2.23. The van der Waals surface area contributed by atoms with Crippen LogP contribution in [0.15, 0.2) is 23.4 Å². The summed E-state index contributed by atoms with van der Waals surface area (Å²) in [6.45, 7) is 2.28. The Kier molecular flexibility index (Phi) is 4.24. The summed E-state index contributed by atoms with van der Waals surface area (Å²) in [5.74, 6) is 0.864. The molecule has 0 saturated carbocycles. The molecule has 5 heteroatoms. The van der Waals surface area contributed by atoms with Gasteiger partial charge in [0.25, 0.3) is 0 Å². The maximum atomic E-state index is 8.32. The van der Waals surface area contributed by atoms with Gasteiger partial charge in [-0.15, -0.1) is 0 Å². The van der Waals surface area contributed by atoms with Crippen LogP contribution in [0.3, 0.4) is 0 Å². The Morgan fingerprint density at radius 3 is 3.00 bits per heavy atom. The molecule has 0 aliphatic rings. The lowest BCUT2D eigenvalue weighted by Gasteiger charge is -2.08. The molecule has 0 aliphatic carbocycles. The van der Waals surface area contributed by atoms with Crippen molar-refractivity contribution in [1.29, 1.82) is 0 Å². The van der Waals surface area contributed by atoms with Gasteiger partial charge in [-0.3, -0.25) is 0 Å². The van der Waals surface area contributed by atoms with Gasteiger partial charge in [0.2, 0.25) is 0 Å². The Bertz CT molecular complexity index is 366. The van der Waals surface area contributed by atoms with Crippen molar-refractivity contribution in [3.8, 4) is 5.75 Å². The third-order valence-corrected chi connectivity index (χ3v) is 2.13. The Labute approximate surface area is 93.3 Å². The number of benzene rings is 1. The molecule has 0 radical (unpaired) electrons. The first-order valence-electron chi connectivity index (χ1n) is 4.49. The predicted molar refractivity (Wildman–Crippen MR) is 59.7 cm³/mol. The number of hydrogen-bond acceptors (Lipinski definition) is 3. The van der Waals surface area contributed by atoms with Crippen LogP contribution < -0.4 is 10.5 Å². The fourth-order valence-electron chi connectivity index (χ4n) is 1.04. The largest absolute Gasteiger partial charge is 0.493 e. The molecular weight excluding hydrogens is 216 g/mol. The van der Waals surface area contributed by atoms with E-state index >= 15 is 0 Å². The molecule has 82 valence electrons. The molecule has 1 aromatic rings. The van der Waals surface area contributed by atoms with Gasteiger partial charge in [-0.25, -0.2) is 0 Å². The molecule has 0 aliphatic heterocycles. The number of nitrogens with zero attached hydrogens (tertiary/aromatic N) is 1. The molecule has 3 N–H and O–H groups in total. The van der Waals surface area contributed by atoms with E-state index in [1.807, 2.05) is 13.0 Å². The smallest absolute Gasteiger partial charge is 0.142 e. The maximum absolute atomic E-state index is 8.32. The van der Waals surface area contributed by atoms with Crippen molar-refractivity contribution in [2.24, 2.45) is 10.9 Å². The topological polar surface area (TPSA) is 67.8 Å². The standard InChI is InChI=1S/C10H13ClN2O2/c1-7-2-3-8(11)6-9(7)15-5-4-10(12)13-14/h2-3,6,14H,4-5H2,1H3,(H2,12,13). The molecule has 0 aromatic heterocycles. The minimum absolute atomic E-state index is 0.148. The van der Waals surface area contributed by atoms with E-state index in [4.69, 9.17) is 27.3 Å². The fraction of sp³-hybridized carbons (Fsp3) is 0.300. The quantitative estimate of drug-likeness (QED) is 0.359. The van der Waals surface area contributed by atoms with Gasteiger partial charge in [0.05, 0.1) is 6.61 Å². The Morgan fingerprint density at radius 2 is 2.33 bits per heavy atom. The van der Waals surface area contributed by atoms with E-state index in [1.54, 1.807) is 12.1 Å². The van der Waals surface area contributed by atoms with E-state index in [9.17, 15) is 0 Å². The molecule has 0 saturated heterocycles. The van der Waals surface area contributed by atoms with E-state index in [1.165, 1.54) is 0 Å². The summed E-state index contributed by atoms with van der Waals surface area (Å²) in [7, 11) is 0. The Balaban J connectivity index is 2.54. The zero-order chi connectivity index (χ0) is 11.3. The van der Waals surface area contributed by atoms with Gasteiger partial charge in [-0.1, -0.05) is 22.8 Å². The van der Waals surface area contributed by atoms with E-state index in [0.717, 1.165) is 5.56 Å². The molecule has 0 spiro atoms. The van der Waals surface area contributed by atoms with Crippen LogP contribution in [-0.4, -0.2) is 17.6 Å². The van der Waals surface area contributed by atoms with Crippen molar-refractivity contribution in [1.82, 2.24) is 0 Å². The number of hydrogen-bond donors (Lipinski definition) is 2. The molecule has 1 aromatic carbocycles.